The predicted molar refractivity (Wildman–Crippen MR) is 142 cm³/mol. The lowest BCUT2D eigenvalue weighted by Gasteiger charge is -2.34. The molecule has 9 nitrogen and oxygen atoms in total. The molecule has 3 fully saturated rings. The maximum Gasteiger partial charge on any atom is 0.260 e. The summed E-state index contributed by atoms with van der Waals surface area (Å²) in [6.45, 7) is 8.91. The fourth-order valence-corrected chi connectivity index (χ4v) is 5.11. The maximum absolute atomic E-state index is 14.6. The predicted octanol–water partition coefficient (Wildman–Crippen LogP) is 3.66. The minimum atomic E-state index is -0.556. The van der Waals surface area contributed by atoms with Crippen LogP contribution in [-0.4, -0.2) is 72.0 Å². The second-order valence-electron chi connectivity index (χ2n) is 11.3. The molecule has 0 radical (unpaired) electrons. The van der Waals surface area contributed by atoms with Gasteiger partial charge < -0.3 is 30.3 Å². The lowest BCUT2D eigenvalue weighted by Crippen LogP contribution is -2.42. The van der Waals surface area contributed by atoms with Crippen molar-refractivity contribution in [1.82, 2.24) is 9.97 Å². The third-order valence-corrected chi connectivity index (χ3v) is 7.67. The Morgan fingerprint density at radius 1 is 1.08 bits per heavy atom. The minimum absolute atomic E-state index is 0.0240. The van der Waals surface area contributed by atoms with E-state index in [1.54, 1.807) is 12.1 Å². The molecule has 1 amide bonds. The largest absolute Gasteiger partial charge is 0.394 e. The van der Waals surface area contributed by atoms with Crippen LogP contribution in [0.3, 0.4) is 0 Å². The number of hydrogen-bond donors (Lipinski definition) is 3. The molecular formula is C27H37FN6O3. The average molecular weight is 513 g/mol. The van der Waals surface area contributed by atoms with Crippen LogP contribution in [0, 0.1) is 11.2 Å². The first-order valence-electron chi connectivity index (χ1n) is 13.2. The molecule has 1 atom stereocenters. The van der Waals surface area contributed by atoms with E-state index in [0.29, 0.717) is 42.3 Å². The van der Waals surface area contributed by atoms with Gasteiger partial charge in [0.1, 0.15) is 17.5 Å². The van der Waals surface area contributed by atoms with Gasteiger partial charge in [0.25, 0.3) is 5.91 Å². The molecule has 0 aromatic carbocycles. The number of piperidine rings is 1. The number of aliphatic hydroxyl groups excluding tert-OH is 1. The van der Waals surface area contributed by atoms with Crippen molar-refractivity contribution in [1.29, 1.82) is 0 Å². The highest BCUT2D eigenvalue weighted by Crippen LogP contribution is 2.54. The number of carbonyl (C=O) groups excluding carboxylic acids is 1. The summed E-state index contributed by atoms with van der Waals surface area (Å²) >= 11 is 0. The highest BCUT2D eigenvalue weighted by Gasteiger charge is 2.45. The number of carbonyl (C=O) groups is 1. The zero-order valence-electron chi connectivity index (χ0n) is 21.9. The Morgan fingerprint density at radius 3 is 2.46 bits per heavy atom. The molecule has 10 heteroatoms. The molecule has 2 aliphatic heterocycles. The molecule has 1 aliphatic carbocycles. The number of hydrogen-bond acceptors (Lipinski definition) is 8. The Morgan fingerprint density at radius 2 is 1.78 bits per heavy atom. The van der Waals surface area contributed by atoms with Crippen molar-refractivity contribution in [2.45, 2.75) is 58.1 Å². The quantitative estimate of drug-likeness (QED) is 0.517. The molecule has 4 heterocycles. The number of amides is 1. The van der Waals surface area contributed by atoms with Crippen molar-refractivity contribution < 1.29 is 19.0 Å². The minimum Gasteiger partial charge on any atom is -0.394 e. The molecule has 200 valence electrons. The molecule has 2 saturated heterocycles. The van der Waals surface area contributed by atoms with Crippen molar-refractivity contribution >= 4 is 29.2 Å². The Hall–Kier alpha value is -2.98. The fourth-order valence-electron chi connectivity index (χ4n) is 5.11. The molecule has 3 N–H and O–H groups in total. The monoisotopic (exact) mass is 512 g/mol. The molecule has 2 aromatic rings. The Balaban J connectivity index is 1.39. The first-order chi connectivity index (χ1) is 17.7. The molecule has 1 spiro atoms. The second kappa shape index (κ2) is 10.1. The van der Waals surface area contributed by atoms with Crippen molar-refractivity contribution in [3.05, 3.63) is 35.6 Å². The van der Waals surface area contributed by atoms with E-state index in [4.69, 9.17) is 9.72 Å². The van der Waals surface area contributed by atoms with Crippen LogP contribution in [0.4, 0.5) is 27.7 Å². The van der Waals surface area contributed by atoms with Crippen LogP contribution in [0.2, 0.25) is 0 Å². The van der Waals surface area contributed by atoms with Gasteiger partial charge in [-0.05, 0) is 76.1 Å². The average Bonchev–Trinajstić information content (AvgIpc) is 3.64. The van der Waals surface area contributed by atoms with Gasteiger partial charge in [-0.15, -0.1) is 0 Å². The Kier molecular flexibility index (Phi) is 6.97. The first kappa shape index (κ1) is 25.7. The smallest absolute Gasteiger partial charge is 0.260 e. The van der Waals surface area contributed by atoms with Crippen molar-refractivity contribution in [3.63, 3.8) is 0 Å². The van der Waals surface area contributed by atoms with Gasteiger partial charge in [-0.25, -0.2) is 14.4 Å². The van der Waals surface area contributed by atoms with Crippen LogP contribution in [0.25, 0.3) is 0 Å². The lowest BCUT2D eigenvalue weighted by molar-refractivity contribution is 0.0527. The van der Waals surface area contributed by atoms with E-state index in [9.17, 15) is 14.3 Å². The van der Waals surface area contributed by atoms with Crippen LogP contribution < -0.4 is 20.4 Å². The molecule has 1 saturated carbocycles. The highest BCUT2D eigenvalue weighted by atomic mass is 19.1. The number of nitrogens with one attached hydrogen (secondary N) is 2. The van der Waals surface area contributed by atoms with Crippen molar-refractivity contribution in [2.75, 3.05) is 59.8 Å². The normalized spacial score (nSPS) is 21.2. The molecule has 0 unspecified atom stereocenters. The van der Waals surface area contributed by atoms with Gasteiger partial charge >= 0.3 is 0 Å². The van der Waals surface area contributed by atoms with E-state index in [1.165, 1.54) is 25.0 Å². The summed E-state index contributed by atoms with van der Waals surface area (Å²) in [5.74, 6) is 0.923. The van der Waals surface area contributed by atoms with Crippen molar-refractivity contribution in [2.24, 2.45) is 5.41 Å². The number of halogens is 1. The van der Waals surface area contributed by atoms with E-state index in [-0.39, 0.29) is 30.3 Å². The summed E-state index contributed by atoms with van der Waals surface area (Å²) in [6, 6.07) is 6.32. The van der Waals surface area contributed by atoms with E-state index >= 15 is 0 Å². The Labute approximate surface area is 217 Å². The fraction of sp³-hybridized carbons (Fsp3) is 0.593. The van der Waals surface area contributed by atoms with Gasteiger partial charge in [0.2, 0.25) is 0 Å². The molecule has 5 rings (SSSR count). The standard InChI is InChI=1S/C27H37FN6O3/c1-18-16-34(14-15-37-18)24-20(28)5-7-21(29-24)31-25(36)19-4-6-22(32-26(2,3)17-35)30-23(19)33-12-10-27(8-9-27)11-13-33/h4-7,18,35H,8-17H2,1-3H3,(H,30,32)(H,29,31,36)/t18-/m1/s1. The topological polar surface area (TPSA) is 103 Å². The van der Waals surface area contributed by atoms with Crippen LogP contribution in [0.1, 0.15) is 56.8 Å². The van der Waals surface area contributed by atoms with E-state index < -0.39 is 11.4 Å². The molecule has 0 bridgehead atoms. The highest BCUT2D eigenvalue weighted by molar-refractivity contribution is 6.07. The van der Waals surface area contributed by atoms with Gasteiger partial charge in [-0.1, -0.05) is 0 Å². The van der Waals surface area contributed by atoms with E-state index in [0.717, 1.165) is 25.9 Å². The van der Waals surface area contributed by atoms with Crippen LogP contribution >= 0.6 is 0 Å². The summed E-state index contributed by atoms with van der Waals surface area (Å²) in [6.07, 6.45) is 4.74. The van der Waals surface area contributed by atoms with Gasteiger partial charge in [0, 0.05) is 26.2 Å². The molecule has 37 heavy (non-hydrogen) atoms. The second-order valence-corrected chi connectivity index (χ2v) is 11.3. The van der Waals surface area contributed by atoms with Crippen molar-refractivity contribution in [3.8, 4) is 0 Å². The number of ether oxygens (including phenoxy) is 1. The van der Waals surface area contributed by atoms with Gasteiger partial charge in [0.05, 0.1) is 30.4 Å². The number of pyridine rings is 2. The third-order valence-electron chi connectivity index (χ3n) is 7.67. The lowest BCUT2D eigenvalue weighted by atomic mass is 9.93. The van der Waals surface area contributed by atoms with Crippen LogP contribution in [0.5, 0.6) is 0 Å². The zero-order valence-corrected chi connectivity index (χ0v) is 21.9. The summed E-state index contributed by atoms with van der Waals surface area (Å²) in [5.41, 5.74) is 0.366. The Bertz CT molecular complexity index is 1140. The van der Waals surface area contributed by atoms with Gasteiger partial charge in [-0.2, -0.15) is 0 Å². The zero-order chi connectivity index (χ0) is 26.2. The van der Waals surface area contributed by atoms with Crippen LogP contribution in [-0.2, 0) is 4.74 Å². The molecule has 3 aliphatic rings. The summed E-state index contributed by atoms with van der Waals surface area (Å²) in [4.78, 5) is 26.8. The van der Waals surface area contributed by atoms with E-state index in [1.807, 2.05) is 25.7 Å². The third kappa shape index (κ3) is 5.80. The molecule has 2 aromatic heterocycles. The number of anilines is 4. The van der Waals surface area contributed by atoms with E-state index in [2.05, 4.69) is 20.5 Å². The summed E-state index contributed by atoms with van der Waals surface area (Å²) < 4.78 is 20.2. The number of aromatic nitrogens is 2. The van der Waals surface area contributed by atoms with Crippen LogP contribution in [0.15, 0.2) is 24.3 Å². The first-order valence-corrected chi connectivity index (χ1v) is 13.2. The van der Waals surface area contributed by atoms with Gasteiger partial charge in [-0.3, -0.25) is 4.79 Å². The summed E-state index contributed by atoms with van der Waals surface area (Å²) in [7, 11) is 0. The number of aliphatic hydroxyl groups is 1. The number of nitrogens with zero attached hydrogens (tertiary/aromatic N) is 4. The number of morpholine rings is 1. The SMILES string of the molecule is C[C@@H]1CN(c2nc(NC(=O)c3ccc(NC(C)(C)CO)nc3N3CCC4(CC3)CC4)ccc2F)CCO1. The maximum atomic E-state index is 14.6. The molecular weight excluding hydrogens is 475 g/mol. The summed E-state index contributed by atoms with van der Waals surface area (Å²) in [5, 5.41) is 15.8. The van der Waals surface area contributed by atoms with Gasteiger partial charge in [0.15, 0.2) is 11.6 Å². The number of rotatable bonds is 7.